The summed E-state index contributed by atoms with van der Waals surface area (Å²) in [7, 11) is 0. The lowest BCUT2D eigenvalue weighted by molar-refractivity contribution is -0.144. The lowest BCUT2D eigenvalue weighted by Gasteiger charge is -2.17. The van der Waals surface area contributed by atoms with E-state index in [1.807, 2.05) is 0 Å². The molecule has 6 heteroatoms. The minimum atomic E-state index is -0.135. The minimum Gasteiger partial charge on any atom is -0.276 e. The van der Waals surface area contributed by atoms with Crippen molar-refractivity contribution >= 4 is 23.4 Å². The number of carbonyl (C=O) groups is 2. The standard InChI is InChI=1S/C11H12ClN3O2/c12-9-6-5-8(13-14-9)7-15-10(16)3-1-2-4-11(15)17/h5-6H,1-4,7H2. The summed E-state index contributed by atoms with van der Waals surface area (Å²) in [5, 5.41) is 7.82. The van der Waals surface area contributed by atoms with Crippen molar-refractivity contribution in [1.29, 1.82) is 0 Å². The lowest BCUT2D eigenvalue weighted by Crippen LogP contribution is -2.34. The average molecular weight is 254 g/mol. The fraction of sp³-hybridized carbons (Fsp3) is 0.455. The molecule has 5 nitrogen and oxygen atoms in total. The number of amides is 2. The number of hydrogen-bond donors (Lipinski definition) is 0. The molecule has 2 rings (SSSR count). The molecule has 1 aliphatic rings. The highest BCUT2D eigenvalue weighted by Gasteiger charge is 2.24. The summed E-state index contributed by atoms with van der Waals surface area (Å²) in [4.78, 5) is 24.7. The molecule has 0 aliphatic carbocycles. The molecule has 0 bridgehead atoms. The van der Waals surface area contributed by atoms with Crippen LogP contribution in [-0.4, -0.2) is 26.9 Å². The van der Waals surface area contributed by atoms with Gasteiger partial charge in [-0.15, -0.1) is 5.10 Å². The molecule has 0 atom stereocenters. The second-order valence-corrected chi connectivity index (χ2v) is 4.32. The van der Waals surface area contributed by atoms with Crippen LogP contribution >= 0.6 is 11.6 Å². The van der Waals surface area contributed by atoms with Crippen molar-refractivity contribution in [2.24, 2.45) is 0 Å². The number of hydrogen-bond acceptors (Lipinski definition) is 4. The van der Waals surface area contributed by atoms with Gasteiger partial charge in [0.25, 0.3) is 0 Å². The highest BCUT2D eigenvalue weighted by Crippen LogP contribution is 2.15. The van der Waals surface area contributed by atoms with Gasteiger partial charge >= 0.3 is 0 Å². The van der Waals surface area contributed by atoms with Crippen LogP contribution in [0.1, 0.15) is 31.4 Å². The fourth-order valence-corrected chi connectivity index (χ4v) is 1.83. The second kappa shape index (κ2) is 5.23. The summed E-state index contributed by atoms with van der Waals surface area (Å²) in [5.74, 6) is -0.270. The number of aromatic nitrogens is 2. The first-order chi connectivity index (χ1) is 8.16. The van der Waals surface area contributed by atoms with Crippen molar-refractivity contribution in [2.45, 2.75) is 32.2 Å². The number of nitrogens with zero attached hydrogens (tertiary/aromatic N) is 3. The SMILES string of the molecule is O=C1CCCCC(=O)N1Cc1ccc(Cl)nn1. The molecular formula is C11H12ClN3O2. The molecule has 0 N–H and O–H groups in total. The maximum absolute atomic E-state index is 11.7. The Labute approximate surface area is 104 Å². The summed E-state index contributed by atoms with van der Waals surface area (Å²) in [6.07, 6.45) is 2.39. The summed E-state index contributed by atoms with van der Waals surface area (Å²) in [5.41, 5.74) is 0.568. The highest BCUT2D eigenvalue weighted by atomic mass is 35.5. The second-order valence-electron chi connectivity index (χ2n) is 3.93. The highest BCUT2D eigenvalue weighted by molar-refractivity contribution is 6.29. The van der Waals surface area contributed by atoms with Crippen LogP contribution in [0.5, 0.6) is 0 Å². The molecule has 0 saturated carbocycles. The van der Waals surface area contributed by atoms with Crippen molar-refractivity contribution in [1.82, 2.24) is 15.1 Å². The summed E-state index contributed by atoms with van der Waals surface area (Å²) in [6, 6.07) is 3.26. The first kappa shape index (κ1) is 12.0. The molecule has 90 valence electrons. The van der Waals surface area contributed by atoms with Crippen LogP contribution in [0.25, 0.3) is 0 Å². The van der Waals surface area contributed by atoms with Crippen LogP contribution in [0.15, 0.2) is 12.1 Å². The third kappa shape index (κ3) is 3.00. The third-order valence-electron chi connectivity index (χ3n) is 2.64. The predicted molar refractivity (Wildman–Crippen MR) is 61.1 cm³/mol. The largest absolute Gasteiger partial charge is 0.276 e. The van der Waals surface area contributed by atoms with Crippen LogP contribution in [0.3, 0.4) is 0 Å². The first-order valence-corrected chi connectivity index (χ1v) is 5.86. The van der Waals surface area contributed by atoms with E-state index in [0.717, 1.165) is 12.8 Å². The van der Waals surface area contributed by atoms with Gasteiger partial charge in [0.1, 0.15) is 0 Å². The molecule has 0 radical (unpaired) electrons. The Morgan fingerprint density at radius 2 is 1.76 bits per heavy atom. The number of imide groups is 1. The van der Waals surface area contributed by atoms with E-state index in [-0.39, 0.29) is 18.4 Å². The van der Waals surface area contributed by atoms with Crippen molar-refractivity contribution in [2.75, 3.05) is 0 Å². The van der Waals surface area contributed by atoms with Crippen molar-refractivity contribution in [3.8, 4) is 0 Å². The molecule has 0 aromatic carbocycles. The third-order valence-corrected chi connectivity index (χ3v) is 2.84. The van der Waals surface area contributed by atoms with E-state index in [0.29, 0.717) is 23.7 Å². The predicted octanol–water partition coefficient (Wildman–Crippen LogP) is 1.56. The maximum Gasteiger partial charge on any atom is 0.229 e. The van der Waals surface area contributed by atoms with Crippen LogP contribution in [0.4, 0.5) is 0 Å². The summed E-state index contributed by atoms with van der Waals surface area (Å²) >= 11 is 5.62. The van der Waals surface area contributed by atoms with Gasteiger partial charge in [0, 0.05) is 12.8 Å². The van der Waals surface area contributed by atoms with E-state index in [9.17, 15) is 9.59 Å². The van der Waals surface area contributed by atoms with Crippen molar-refractivity contribution in [3.63, 3.8) is 0 Å². The van der Waals surface area contributed by atoms with Crippen molar-refractivity contribution in [3.05, 3.63) is 23.0 Å². The zero-order valence-electron chi connectivity index (χ0n) is 9.23. The van der Waals surface area contributed by atoms with Crippen LogP contribution in [-0.2, 0) is 16.1 Å². The zero-order valence-corrected chi connectivity index (χ0v) is 9.98. The van der Waals surface area contributed by atoms with Gasteiger partial charge in [-0.05, 0) is 25.0 Å². The van der Waals surface area contributed by atoms with Crippen LogP contribution in [0.2, 0.25) is 5.15 Å². The smallest absolute Gasteiger partial charge is 0.229 e. The zero-order chi connectivity index (χ0) is 12.3. The van der Waals surface area contributed by atoms with E-state index < -0.39 is 0 Å². The molecule has 0 unspecified atom stereocenters. The van der Waals surface area contributed by atoms with Crippen LogP contribution in [0, 0.1) is 0 Å². The molecule has 2 heterocycles. The van der Waals surface area contributed by atoms with Gasteiger partial charge in [0.2, 0.25) is 11.8 Å². The van der Waals surface area contributed by atoms with E-state index >= 15 is 0 Å². The first-order valence-electron chi connectivity index (χ1n) is 5.48. The topological polar surface area (TPSA) is 63.2 Å². The molecule has 1 saturated heterocycles. The van der Waals surface area contributed by atoms with Gasteiger partial charge in [0.15, 0.2) is 5.15 Å². The Hall–Kier alpha value is -1.49. The fourth-order valence-electron chi connectivity index (χ4n) is 1.73. The quantitative estimate of drug-likeness (QED) is 0.751. The van der Waals surface area contributed by atoms with Gasteiger partial charge in [0.05, 0.1) is 12.2 Å². The number of rotatable bonds is 2. The molecule has 1 aromatic rings. The Morgan fingerprint density at radius 1 is 1.12 bits per heavy atom. The van der Waals surface area contributed by atoms with Gasteiger partial charge in [-0.25, -0.2) is 0 Å². The molecule has 1 aromatic heterocycles. The molecule has 0 spiro atoms. The number of likely N-dealkylation sites (tertiary alicyclic amines) is 1. The molecule has 1 fully saturated rings. The molecule has 17 heavy (non-hydrogen) atoms. The Kier molecular flexibility index (Phi) is 3.68. The molecular weight excluding hydrogens is 242 g/mol. The summed E-state index contributed by atoms with van der Waals surface area (Å²) in [6.45, 7) is 0.182. The maximum atomic E-state index is 11.7. The van der Waals surface area contributed by atoms with E-state index in [1.165, 1.54) is 4.90 Å². The molecule has 1 aliphatic heterocycles. The van der Waals surface area contributed by atoms with E-state index in [2.05, 4.69) is 10.2 Å². The van der Waals surface area contributed by atoms with Gasteiger partial charge in [-0.1, -0.05) is 11.6 Å². The lowest BCUT2D eigenvalue weighted by atomic mass is 10.2. The van der Waals surface area contributed by atoms with E-state index in [4.69, 9.17) is 11.6 Å². The number of halogens is 1. The Bertz CT molecular complexity index is 415. The number of carbonyl (C=O) groups excluding carboxylic acids is 2. The van der Waals surface area contributed by atoms with Crippen LogP contribution < -0.4 is 0 Å². The monoisotopic (exact) mass is 253 g/mol. The Morgan fingerprint density at radius 3 is 2.29 bits per heavy atom. The molecule has 2 amide bonds. The normalized spacial score (nSPS) is 17.1. The summed E-state index contributed by atoms with van der Waals surface area (Å²) < 4.78 is 0. The van der Waals surface area contributed by atoms with Crippen molar-refractivity contribution < 1.29 is 9.59 Å². The van der Waals surface area contributed by atoms with E-state index in [1.54, 1.807) is 12.1 Å². The van der Waals surface area contributed by atoms with Gasteiger partial charge < -0.3 is 0 Å². The minimum absolute atomic E-state index is 0.135. The average Bonchev–Trinajstić information content (AvgIpc) is 2.47. The Balaban J connectivity index is 2.12. The van der Waals surface area contributed by atoms with Gasteiger partial charge in [-0.3, -0.25) is 14.5 Å². The van der Waals surface area contributed by atoms with Gasteiger partial charge in [-0.2, -0.15) is 5.10 Å².